The summed E-state index contributed by atoms with van der Waals surface area (Å²) >= 11 is 5.83. The Morgan fingerprint density at radius 3 is 2.60 bits per heavy atom. The van der Waals surface area contributed by atoms with E-state index in [4.69, 9.17) is 21.2 Å². The van der Waals surface area contributed by atoms with Gasteiger partial charge in [-0.25, -0.2) is 13.6 Å². The highest BCUT2D eigenvalue weighted by Crippen LogP contribution is 2.25. The predicted octanol–water partition coefficient (Wildman–Crippen LogP) is 3.22. The summed E-state index contributed by atoms with van der Waals surface area (Å²) in [7, 11) is -4.02. The minimum atomic E-state index is -4.02. The van der Waals surface area contributed by atoms with E-state index >= 15 is 0 Å². The minimum Gasteiger partial charge on any atom is -0.459 e. The summed E-state index contributed by atoms with van der Waals surface area (Å²) in [5, 5.41) is 8.76. The Bertz CT molecular complexity index is 1030. The Morgan fingerprint density at radius 2 is 1.92 bits per heavy atom. The third-order valence-corrected chi connectivity index (χ3v) is 5.11. The molecule has 1 amide bonds. The van der Waals surface area contributed by atoms with Gasteiger partial charge in [-0.3, -0.25) is 4.79 Å². The zero-order valence-corrected chi connectivity index (χ0v) is 14.8. The number of carbonyl (C=O) groups is 1. The van der Waals surface area contributed by atoms with E-state index in [-0.39, 0.29) is 15.5 Å². The second-order valence-corrected chi connectivity index (χ2v) is 7.51. The molecule has 2 aromatic carbocycles. The van der Waals surface area contributed by atoms with Crippen molar-refractivity contribution in [2.75, 3.05) is 0 Å². The van der Waals surface area contributed by atoms with Crippen LogP contribution in [0.3, 0.4) is 0 Å². The zero-order chi connectivity index (χ0) is 18.2. The van der Waals surface area contributed by atoms with Crippen LogP contribution in [0, 0.1) is 0 Å². The molecule has 1 aromatic heterocycles. The average Bonchev–Trinajstić information content (AvgIpc) is 2.98. The van der Waals surface area contributed by atoms with Crippen LogP contribution in [0.25, 0.3) is 11.0 Å². The lowest BCUT2D eigenvalue weighted by molar-refractivity contribution is 0.0935. The Morgan fingerprint density at radius 1 is 1.20 bits per heavy atom. The standard InChI is InChI=1S/C17H15ClN2O4S/c1-10(15-8-11-4-2-3-5-14(11)24-15)20-17(21)12-6-7-13(18)16(9-12)25(19,22)23/h2-10H,1H3,(H,20,21)(H2,19,22,23)/t10-/m0/s1. The lowest BCUT2D eigenvalue weighted by atomic mass is 10.1. The molecular formula is C17H15ClN2O4S. The molecule has 0 aliphatic heterocycles. The van der Waals surface area contributed by atoms with Crippen molar-refractivity contribution >= 4 is 38.5 Å². The van der Waals surface area contributed by atoms with Crippen LogP contribution in [-0.2, 0) is 10.0 Å². The van der Waals surface area contributed by atoms with Gasteiger partial charge in [-0.15, -0.1) is 0 Å². The maximum atomic E-state index is 12.4. The van der Waals surface area contributed by atoms with Gasteiger partial charge in [0.15, 0.2) is 0 Å². The largest absolute Gasteiger partial charge is 0.459 e. The molecule has 3 rings (SSSR count). The summed E-state index contributed by atoms with van der Waals surface area (Å²) in [4.78, 5) is 12.1. The lowest BCUT2D eigenvalue weighted by Crippen LogP contribution is -2.26. The van der Waals surface area contributed by atoms with Crippen LogP contribution < -0.4 is 10.5 Å². The Balaban J connectivity index is 1.84. The van der Waals surface area contributed by atoms with Gasteiger partial charge in [-0.2, -0.15) is 0 Å². The van der Waals surface area contributed by atoms with E-state index in [1.54, 1.807) is 6.92 Å². The van der Waals surface area contributed by atoms with Crippen molar-refractivity contribution in [3.63, 3.8) is 0 Å². The second kappa shape index (κ2) is 6.51. The molecular weight excluding hydrogens is 364 g/mol. The van der Waals surface area contributed by atoms with Crippen molar-refractivity contribution < 1.29 is 17.6 Å². The molecule has 0 saturated heterocycles. The van der Waals surface area contributed by atoms with Crippen molar-refractivity contribution in [1.82, 2.24) is 5.32 Å². The van der Waals surface area contributed by atoms with Gasteiger partial charge in [0, 0.05) is 10.9 Å². The second-order valence-electron chi connectivity index (χ2n) is 5.57. The zero-order valence-electron chi connectivity index (χ0n) is 13.2. The number of para-hydroxylation sites is 1. The number of carbonyl (C=O) groups excluding carboxylic acids is 1. The molecule has 3 N–H and O–H groups in total. The fraction of sp³-hybridized carbons (Fsp3) is 0.118. The highest BCUT2D eigenvalue weighted by atomic mass is 35.5. The van der Waals surface area contributed by atoms with Gasteiger partial charge in [0.1, 0.15) is 16.2 Å². The van der Waals surface area contributed by atoms with Gasteiger partial charge in [-0.1, -0.05) is 29.8 Å². The molecule has 6 nitrogen and oxygen atoms in total. The first-order valence-electron chi connectivity index (χ1n) is 7.37. The lowest BCUT2D eigenvalue weighted by Gasteiger charge is -2.12. The van der Waals surface area contributed by atoms with Gasteiger partial charge >= 0.3 is 0 Å². The molecule has 8 heteroatoms. The Kier molecular flexibility index (Phi) is 4.55. The third kappa shape index (κ3) is 3.68. The van der Waals surface area contributed by atoms with Crippen molar-refractivity contribution in [3.05, 3.63) is 64.9 Å². The number of hydrogen-bond acceptors (Lipinski definition) is 4. The number of hydrogen-bond donors (Lipinski definition) is 2. The monoisotopic (exact) mass is 378 g/mol. The first-order chi connectivity index (χ1) is 11.8. The first-order valence-corrected chi connectivity index (χ1v) is 9.30. The Labute approximate surface area is 149 Å². The van der Waals surface area contributed by atoms with E-state index in [9.17, 15) is 13.2 Å². The van der Waals surface area contributed by atoms with E-state index in [1.807, 2.05) is 30.3 Å². The van der Waals surface area contributed by atoms with Crippen LogP contribution in [0.2, 0.25) is 5.02 Å². The summed E-state index contributed by atoms with van der Waals surface area (Å²) < 4.78 is 28.7. The van der Waals surface area contributed by atoms with Crippen LogP contribution in [0.15, 0.2) is 57.8 Å². The summed E-state index contributed by atoms with van der Waals surface area (Å²) in [5.74, 6) is 0.129. The number of nitrogens with one attached hydrogen (secondary N) is 1. The smallest absolute Gasteiger partial charge is 0.251 e. The topological polar surface area (TPSA) is 102 Å². The molecule has 0 spiro atoms. The van der Waals surface area contributed by atoms with Crippen molar-refractivity contribution in [3.8, 4) is 0 Å². The van der Waals surface area contributed by atoms with Gasteiger partial charge < -0.3 is 9.73 Å². The predicted molar refractivity (Wildman–Crippen MR) is 94.9 cm³/mol. The van der Waals surface area contributed by atoms with Crippen molar-refractivity contribution in [1.29, 1.82) is 0 Å². The quantitative estimate of drug-likeness (QED) is 0.727. The Hall–Kier alpha value is -2.35. The minimum absolute atomic E-state index is 0.0376. The number of nitrogens with two attached hydrogens (primary N) is 1. The van der Waals surface area contributed by atoms with Crippen LogP contribution in [0.4, 0.5) is 0 Å². The van der Waals surface area contributed by atoms with Crippen molar-refractivity contribution in [2.45, 2.75) is 17.9 Å². The van der Waals surface area contributed by atoms with Gasteiger partial charge in [0.2, 0.25) is 10.0 Å². The number of halogens is 1. The highest BCUT2D eigenvalue weighted by molar-refractivity contribution is 7.89. The average molecular weight is 379 g/mol. The van der Waals surface area contributed by atoms with Gasteiger partial charge in [-0.05, 0) is 37.3 Å². The maximum absolute atomic E-state index is 12.4. The number of rotatable bonds is 4. The van der Waals surface area contributed by atoms with E-state index in [2.05, 4.69) is 5.32 Å². The fourth-order valence-electron chi connectivity index (χ4n) is 2.43. The number of benzene rings is 2. The summed E-state index contributed by atoms with van der Waals surface area (Å²) in [6.45, 7) is 1.77. The molecule has 0 bridgehead atoms. The number of sulfonamides is 1. The summed E-state index contributed by atoms with van der Waals surface area (Å²) in [6, 6.07) is 12.8. The highest BCUT2D eigenvalue weighted by Gasteiger charge is 2.19. The van der Waals surface area contributed by atoms with Crippen LogP contribution in [-0.4, -0.2) is 14.3 Å². The SMILES string of the molecule is C[C@H](NC(=O)c1ccc(Cl)c(S(N)(=O)=O)c1)c1cc2ccccc2o1. The molecule has 0 saturated carbocycles. The molecule has 1 atom stereocenters. The van der Waals surface area contributed by atoms with E-state index in [0.29, 0.717) is 5.76 Å². The first kappa shape index (κ1) is 17.5. The third-order valence-electron chi connectivity index (χ3n) is 3.72. The van der Waals surface area contributed by atoms with Crippen LogP contribution in [0.1, 0.15) is 29.1 Å². The van der Waals surface area contributed by atoms with E-state index in [1.165, 1.54) is 12.1 Å². The molecule has 3 aromatic rings. The number of furan rings is 1. The molecule has 0 radical (unpaired) electrons. The summed E-state index contributed by atoms with van der Waals surface area (Å²) in [6.07, 6.45) is 0. The van der Waals surface area contributed by atoms with Gasteiger partial charge in [0.25, 0.3) is 5.91 Å². The molecule has 0 aliphatic carbocycles. The fourth-order valence-corrected chi connectivity index (χ4v) is 3.50. The maximum Gasteiger partial charge on any atom is 0.251 e. The molecule has 0 fully saturated rings. The van der Waals surface area contributed by atoms with E-state index in [0.717, 1.165) is 17.0 Å². The molecule has 1 heterocycles. The number of amides is 1. The molecule has 25 heavy (non-hydrogen) atoms. The van der Waals surface area contributed by atoms with Crippen molar-refractivity contribution in [2.24, 2.45) is 5.14 Å². The summed E-state index contributed by atoms with van der Waals surface area (Å²) in [5.41, 5.74) is 0.859. The van der Waals surface area contributed by atoms with Crippen LogP contribution in [0.5, 0.6) is 0 Å². The molecule has 0 unspecified atom stereocenters. The van der Waals surface area contributed by atoms with Crippen LogP contribution >= 0.6 is 11.6 Å². The van der Waals surface area contributed by atoms with Gasteiger partial charge in [0.05, 0.1) is 11.1 Å². The molecule has 130 valence electrons. The normalized spacial score (nSPS) is 12.9. The van der Waals surface area contributed by atoms with E-state index < -0.39 is 22.0 Å². The number of fused-ring (bicyclic) bond motifs is 1. The molecule has 0 aliphatic rings. The number of primary sulfonamides is 1.